The molecule has 1 unspecified atom stereocenters. The van der Waals surface area contributed by atoms with E-state index >= 15 is 0 Å². The highest BCUT2D eigenvalue weighted by Crippen LogP contribution is 2.21. The van der Waals surface area contributed by atoms with Crippen LogP contribution in [0.25, 0.3) is 0 Å². The first kappa shape index (κ1) is 9.97. The first-order valence-corrected chi connectivity index (χ1v) is 5.83. The lowest BCUT2D eigenvalue weighted by molar-refractivity contribution is -0.133. The van der Waals surface area contributed by atoms with Gasteiger partial charge in [0.1, 0.15) is 0 Å². The lowest BCUT2D eigenvalue weighted by Crippen LogP contribution is -2.51. The Bertz CT molecular complexity index is 217. The summed E-state index contributed by atoms with van der Waals surface area (Å²) in [5, 5.41) is 0. The number of carbonyl (C=O) groups excluding carboxylic acids is 1. The molecule has 2 aliphatic heterocycles. The van der Waals surface area contributed by atoms with Crippen molar-refractivity contribution in [3.05, 3.63) is 0 Å². The summed E-state index contributed by atoms with van der Waals surface area (Å²) >= 11 is 0. The highest BCUT2D eigenvalue weighted by molar-refractivity contribution is 5.76. The predicted octanol–water partition coefficient (Wildman–Crippen LogP) is 1.09. The summed E-state index contributed by atoms with van der Waals surface area (Å²) in [7, 11) is 0. The molecule has 2 heterocycles. The molecule has 2 fully saturated rings. The molecule has 3 nitrogen and oxygen atoms in total. The van der Waals surface area contributed by atoms with Crippen LogP contribution in [0.1, 0.15) is 32.6 Å². The molecule has 0 aromatic heterocycles. The van der Waals surface area contributed by atoms with Crippen molar-refractivity contribution in [3.8, 4) is 0 Å². The summed E-state index contributed by atoms with van der Waals surface area (Å²) < 4.78 is 0. The van der Waals surface area contributed by atoms with Gasteiger partial charge in [0.2, 0.25) is 5.91 Å². The van der Waals surface area contributed by atoms with Crippen LogP contribution in [-0.4, -0.2) is 47.9 Å². The maximum atomic E-state index is 11.7. The molecule has 0 radical (unpaired) electrons. The summed E-state index contributed by atoms with van der Waals surface area (Å²) in [5.41, 5.74) is 0. The second kappa shape index (κ2) is 4.30. The van der Waals surface area contributed by atoms with Gasteiger partial charge in [-0.1, -0.05) is 6.92 Å². The zero-order valence-electron chi connectivity index (χ0n) is 9.04. The van der Waals surface area contributed by atoms with Crippen molar-refractivity contribution in [2.75, 3.05) is 26.2 Å². The fourth-order valence-electron chi connectivity index (χ4n) is 2.59. The smallest absolute Gasteiger partial charge is 0.222 e. The summed E-state index contributed by atoms with van der Waals surface area (Å²) in [6.07, 6.45) is 4.31. The highest BCUT2D eigenvalue weighted by atomic mass is 16.2. The van der Waals surface area contributed by atoms with Crippen molar-refractivity contribution in [3.63, 3.8) is 0 Å². The van der Waals surface area contributed by atoms with Crippen molar-refractivity contribution >= 4 is 5.91 Å². The molecular weight excluding hydrogens is 176 g/mol. The lowest BCUT2D eigenvalue weighted by Gasteiger charge is -2.37. The minimum absolute atomic E-state index is 0.360. The SMILES string of the molecule is CCCC(=O)N1CCN2CCCC2C1. The molecule has 1 amide bonds. The van der Waals surface area contributed by atoms with Crippen molar-refractivity contribution in [1.82, 2.24) is 9.80 Å². The minimum atomic E-state index is 0.360. The topological polar surface area (TPSA) is 23.6 Å². The van der Waals surface area contributed by atoms with Crippen LogP contribution in [0.2, 0.25) is 0 Å². The number of carbonyl (C=O) groups is 1. The van der Waals surface area contributed by atoms with Crippen molar-refractivity contribution in [2.24, 2.45) is 0 Å². The summed E-state index contributed by atoms with van der Waals surface area (Å²) in [5.74, 6) is 0.360. The molecule has 14 heavy (non-hydrogen) atoms. The van der Waals surface area contributed by atoms with Crippen LogP contribution in [0.5, 0.6) is 0 Å². The number of rotatable bonds is 2. The Hall–Kier alpha value is -0.570. The predicted molar refractivity (Wildman–Crippen MR) is 56.1 cm³/mol. The first-order valence-electron chi connectivity index (χ1n) is 5.83. The van der Waals surface area contributed by atoms with E-state index in [0.29, 0.717) is 11.9 Å². The van der Waals surface area contributed by atoms with Gasteiger partial charge in [-0.15, -0.1) is 0 Å². The number of hydrogen-bond donors (Lipinski definition) is 0. The minimum Gasteiger partial charge on any atom is -0.340 e. The Morgan fingerprint density at radius 3 is 3.00 bits per heavy atom. The number of amides is 1. The number of fused-ring (bicyclic) bond motifs is 1. The number of nitrogens with zero attached hydrogens (tertiary/aromatic N) is 2. The fraction of sp³-hybridized carbons (Fsp3) is 0.909. The molecule has 0 spiro atoms. The van der Waals surface area contributed by atoms with E-state index in [1.807, 2.05) is 0 Å². The van der Waals surface area contributed by atoms with Gasteiger partial charge >= 0.3 is 0 Å². The van der Waals surface area contributed by atoms with Gasteiger partial charge in [-0.25, -0.2) is 0 Å². The second-order valence-electron chi connectivity index (χ2n) is 4.42. The third-order valence-corrected chi connectivity index (χ3v) is 3.40. The molecule has 3 heteroatoms. The molecule has 2 saturated heterocycles. The Kier molecular flexibility index (Phi) is 3.06. The molecule has 0 N–H and O–H groups in total. The number of hydrogen-bond acceptors (Lipinski definition) is 2. The summed E-state index contributed by atoms with van der Waals surface area (Å²) in [6.45, 7) is 6.36. The third-order valence-electron chi connectivity index (χ3n) is 3.40. The molecule has 0 aromatic rings. The van der Waals surface area contributed by atoms with Gasteiger partial charge in [0.25, 0.3) is 0 Å². The Morgan fingerprint density at radius 2 is 2.21 bits per heavy atom. The molecular formula is C11H20N2O. The average molecular weight is 196 g/mol. The summed E-state index contributed by atoms with van der Waals surface area (Å²) in [6, 6.07) is 0.671. The standard InChI is InChI=1S/C11H20N2O/c1-2-4-11(14)13-8-7-12-6-3-5-10(12)9-13/h10H,2-9H2,1H3. The quantitative estimate of drug-likeness (QED) is 0.660. The fourth-order valence-corrected chi connectivity index (χ4v) is 2.59. The van der Waals surface area contributed by atoms with Crippen LogP contribution in [0, 0.1) is 0 Å². The Balaban J connectivity index is 1.87. The molecule has 2 rings (SSSR count). The van der Waals surface area contributed by atoms with Gasteiger partial charge in [-0.3, -0.25) is 9.69 Å². The summed E-state index contributed by atoms with van der Waals surface area (Å²) in [4.78, 5) is 16.3. The van der Waals surface area contributed by atoms with E-state index in [1.165, 1.54) is 19.4 Å². The largest absolute Gasteiger partial charge is 0.340 e. The van der Waals surface area contributed by atoms with Crippen LogP contribution in [0.4, 0.5) is 0 Å². The Labute approximate surface area is 86.1 Å². The van der Waals surface area contributed by atoms with Gasteiger partial charge in [0.15, 0.2) is 0 Å². The van der Waals surface area contributed by atoms with Gasteiger partial charge in [0.05, 0.1) is 0 Å². The molecule has 2 aliphatic rings. The molecule has 0 saturated carbocycles. The Morgan fingerprint density at radius 1 is 1.36 bits per heavy atom. The highest BCUT2D eigenvalue weighted by Gasteiger charge is 2.31. The maximum Gasteiger partial charge on any atom is 0.222 e. The van der Waals surface area contributed by atoms with E-state index in [4.69, 9.17) is 0 Å². The first-order chi connectivity index (χ1) is 6.81. The van der Waals surface area contributed by atoms with Gasteiger partial charge in [-0.2, -0.15) is 0 Å². The van der Waals surface area contributed by atoms with E-state index in [-0.39, 0.29) is 0 Å². The molecule has 1 atom stereocenters. The number of piperazine rings is 1. The van der Waals surface area contributed by atoms with E-state index in [9.17, 15) is 4.79 Å². The molecule has 0 aliphatic carbocycles. The van der Waals surface area contributed by atoms with Crippen LogP contribution >= 0.6 is 0 Å². The van der Waals surface area contributed by atoms with E-state index in [0.717, 1.165) is 32.5 Å². The van der Waals surface area contributed by atoms with Gasteiger partial charge in [-0.05, 0) is 25.8 Å². The van der Waals surface area contributed by atoms with Crippen molar-refractivity contribution in [1.29, 1.82) is 0 Å². The zero-order chi connectivity index (χ0) is 9.97. The van der Waals surface area contributed by atoms with Crippen LogP contribution in [-0.2, 0) is 4.79 Å². The maximum absolute atomic E-state index is 11.7. The lowest BCUT2D eigenvalue weighted by atomic mass is 10.1. The molecule has 80 valence electrons. The third kappa shape index (κ3) is 1.92. The second-order valence-corrected chi connectivity index (χ2v) is 4.42. The van der Waals surface area contributed by atoms with Crippen molar-refractivity contribution in [2.45, 2.75) is 38.6 Å². The van der Waals surface area contributed by atoms with E-state index in [1.54, 1.807) is 0 Å². The zero-order valence-corrected chi connectivity index (χ0v) is 9.04. The van der Waals surface area contributed by atoms with Gasteiger partial charge in [0, 0.05) is 32.1 Å². The van der Waals surface area contributed by atoms with Gasteiger partial charge < -0.3 is 4.90 Å². The normalized spacial score (nSPS) is 27.8. The molecule has 0 bridgehead atoms. The monoisotopic (exact) mass is 196 g/mol. The van der Waals surface area contributed by atoms with Crippen LogP contribution < -0.4 is 0 Å². The van der Waals surface area contributed by atoms with Crippen molar-refractivity contribution < 1.29 is 4.79 Å². The van der Waals surface area contributed by atoms with E-state index < -0.39 is 0 Å². The van der Waals surface area contributed by atoms with Crippen LogP contribution in [0.15, 0.2) is 0 Å². The van der Waals surface area contributed by atoms with E-state index in [2.05, 4.69) is 16.7 Å². The average Bonchev–Trinajstić information content (AvgIpc) is 2.64. The molecule has 0 aromatic carbocycles. The van der Waals surface area contributed by atoms with Crippen LogP contribution in [0.3, 0.4) is 0 Å².